The predicted molar refractivity (Wildman–Crippen MR) is 76.0 cm³/mol. The van der Waals surface area contributed by atoms with Gasteiger partial charge in [0.15, 0.2) is 0 Å². The standard InChI is InChI=1S/C16H19NO/c18-16-6-4-5-13-11-15(8-7-14(13)12-16)17-9-2-1-3-10-17/h4,6-8,11-12,18H,1-3,5,9-10H2. The number of rotatable bonds is 1. The number of allylic oxidation sites excluding steroid dienone is 2. The first-order chi connectivity index (χ1) is 8.83. The van der Waals surface area contributed by atoms with Gasteiger partial charge in [-0.3, -0.25) is 0 Å². The Morgan fingerprint density at radius 2 is 1.89 bits per heavy atom. The Morgan fingerprint density at radius 3 is 2.72 bits per heavy atom. The van der Waals surface area contributed by atoms with Gasteiger partial charge in [0.05, 0.1) is 0 Å². The summed E-state index contributed by atoms with van der Waals surface area (Å²) in [6, 6.07) is 6.59. The van der Waals surface area contributed by atoms with Crippen LogP contribution in [-0.2, 0) is 6.42 Å². The number of fused-ring (bicyclic) bond motifs is 1. The molecule has 0 aromatic heterocycles. The number of nitrogens with zero attached hydrogens (tertiary/aromatic N) is 1. The van der Waals surface area contributed by atoms with Crippen molar-refractivity contribution in [2.75, 3.05) is 18.0 Å². The number of hydrogen-bond donors (Lipinski definition) is 1. The highest BCUT2D eigenvalue weighted by molar-refractivity contribution is 5.64. The summed E-state index contributed by atoms with van der Waals surface area (Å²) in [5.74, 6) is 0.347. The van der Waals surface area contributed by atoms with Gasteiger partial charge in [-0.2, -0.15) is 0 Å². The maximum Gasteiger partial charge on any atom is 0.115 e. The zero-order valence-electron chi connectivity index (χ0n) is 10.6. The van der Waals surface area contributed by atoms with Crippen LogP contribution >= 0.6 is 0 Å². The molecule has 1 heterocycles. The largest absolute Gasteiger partial charge is 0.508 e. The molecule has 3 rings (SSSR count). The Bertz CT molecular complexity index is 496. The van der Waals surface area contributed by atoms with Gasteiger partial charge in [-0.25, -0.2) is 0 Å². The van der Waals surface area contributed by atoms with Gasteiger partial charge in [0.2, 0.25) is 0 Å². The third-order valence-electron chi connectivity index (χ3n) is 3.78. The van der Waals surface area contributed by atoms with Crippen LogP contribution in [0.3, 0.4) is 0 Å². The zero-order chi connectivity index (χ0) is 12.4. The molecule has 1 aliphatic heterocycles. The van der Waals surface area contributed by atoms with Gasteiger partial charge < -0.3 is 10.0 Å². The van der Waals surface area contributed by atoms with Crippen molar-refractivity contribution in [1.82, 2.24) is 0 Å². The van der Waals surface area contributed by atoms with Gasteiger partial charge in [0.1, 0.15) is 5.76 Å². The number of aliphatic hydroxyl groups is 1. The Labute approximate surface area is 108 Å². The summed E-state index contributed by atoms with van der Waals surface area (Å²) in [5, 5.41) is 9.62. The topological polar surface area (TPSA) is 23.5 Å². The normalized spacial score (nSPS) is 19.1. The quantitative estimate of drug-likeness (QED) is 0.810. The molecular formula is C16H19NO. The van der Waals surface area contributed by atoms with E-state index >= 15 is 0 Å². The molecule has 2 nitrogen and oxygen atoms in total. The first-order valence-electron chi connectivity index (χ1n) is 6.78. The molecule has 1 N–H and O–H groups in total. The molecule has 0 spiro atoms. The fraction of sp³-hybridized carbons (Fsp3) is 0.375. The third kappa shape index (κ3) is 2.28. The van der Waals surface area contributed by atoms with Gasteiger partial charge >= 0.3 is 0 Å². The molecule has 0 atom stereocenters. The highest BCUT2D eigenvalue weighted by Crippen LogP contribution is 2.26. The van der Waals surface area contributed by atoms with Crippen LogP contribution in [0.4, 0.5) is 5.69 Å². The number of anilines is 1. The second-order valence-electron chi connectivity index (χ2n) is 5.11. The Hall–Kier alpha value is -1.70. The molecule has 1 fully saturated rings. The Morgan fingerprint density at radius 1 is 1.06 bits per heavy atom. The average molecular weight is 241 g/mol. The first-order valence-corrected chi connectivity index (χ1v) is 6.78. The van der Waals surface area contributed by atoms with E-state index < -0.39 is 0 Å². The van der Waals surface area contributed by atoms with E-state index in [9.17, 15) is 5.11 Å². The second-order valence-corrected chi connectivity index (χ2v) is 5.11. The molecule has 2 heteroatoms. The summed E-state index contributed by atoms with van der Waals surface area (Å²) >= 11 is 0. The minimum absolute atomic E-state index is 0.347. The van der Waals surface area contributed by atoms with Crippen LogP contribution in [0.2, 0.25) is 0 Å². The lowest BCUT2D eigenvalue weighted by Crippen LogP contribution is -2.29. The van der Waals surface area contributed by atoms with E-state index in [2.05, 4.69) is 23.1 Å². The van der Waals surface area contributed by atoms with Crippen LogP contribution < -0.4 is 4.90 Å². The summed E-state index contributed by atoms with van der Waals surface area (Å²) in [5.41, 5.74) is 3.77. The zero-order valence-corrected chi connectivity index (χ0v) is 10.6. The van der Waals surface area contributed by atoms with Crippen molar-refractivity contribution < 1.29 is 5.11 Å². The van der Waals surface area contributed by atoms with E-state index in [1.54, 1.807) is 6.08 Å². The van der Waals surface area contributed by atoms with Crippen molar-refractivity contribution in [3.8, 4) is 0 Å². The summed E-state index contributed by atoms with van der Waals surface area (Å²) < 4.78 is 0. The van der Waals surface area contributed by atoms with E-state index in [0.717, 1.165) is 12.0 Å². The lowest BCUT2D eigenvalue weighted by Gasteiger charge is -2.29. The monoisotopic (exact) mass is 241 g/mol. The predicted octanol–water partition coefficient (Wildman–Crippen LogP) is 3.69. The van der Waals surface area contributed by atoms with Crippen LogP contribution in [-0.4, -0.2) is 18.2 Å². The van der Waals surface area contributed by atoms with E-state index in [0.29, 0.717) is 5.76 Å². The van der Waals surface area contributed by atoms with Crippen molar-refractivity contribution in [3.63, 3.8) is 0 Å². The Kier molecular flexibility index (Phi) is 3.09. The minimum Gasteiger partial charge on any atom is -0.508 e. The van der Waals surface area contributed by atoms with Gasteiger partial charge in [0, 0.05) is 18.8 Å². The lowest BCUT2D eigenvalue weighted by atomic mass is 10.0. The highest BCUT2D eigenvalue weighted by Gasteiger charge is 2.12. The lowest BCUT2D eigenvalue weighted by molar-refractivity contribution is 0.438. The van der Waals surface area contributed by atoms with Gasteiger partial charge in [-0.05, 0) is 61.1 Å². The maximum atomic E-state index is 9.62. The molecule has 0 radical (unpaired) electrons. The molecule has 1 aliphatic carbocycles. The van der Waals surface area contributed by atoms with Crippen molar-refractivity contribution in [3.05, 3.63) is 47.2 Å². The molecule has 1 aromatic rings. The molecule has 1 saturated heterocycles. The van der Waals surface area contributed by atoms with Crippen LogP contribution in [0.25, 0.3) is 6.08 Å². The summed E-state index contributed by atoms with van der Waals surface area (Å²) in [4.78, 5) is 2.47. The average Bonchev–Trinajstić information content (AvgIpc) is 2.59. The SMILES string of the molecule is OC1=Cc2ccc(N3CCCCC3)cc2CC=C1. The van der Waals surface area contributed by atoms with E-state index in [4.69, 9.17) is 0 Å². The van der Waals surface area contributed by atoms with Gasteiger partial charge in [-0.15, -0.1) is 0 Å². The maximum absolute atomic E-state index is 9.62. The molecular weight excluding hydrogens is 222 g/mol. The molecule has 94 valence electrons. The molecule has 0 unspecified atom stereocenters. The van der Waals surface area contributed by atoms with Crippen molar-refractivity contribution in [1.29, 1.82) is 0 Å². The molecule has 0 saturated carbocycles. The molecule has 2 aliphatic rings. The first kappa shape index (κ1) is 11.4. The van der Waals surface area contributed by atoms with Crippen molar-refractivity contribution >= 4 is 11.8 Å². The Balaban J connectivity index is 1.91. The number of benzene rings is 1. The van der Waals surface area contributed by atoms with Crippen LogP contribution in [0, 0.1) is 0 Å². The molecule has 0 amide bonds. The van der Waals surface area contributed by atoms with Gasteiger partial charge in [0.25, 0.3) is 0 Å². The fourth-order valence-electron chi connectivity index (χ4n) is 2.77. The smallest absolute Gasteiger partial charge is 0.115 e. The number of piperidine rings is 1. The van der Waals surface area contributed by atoms with Crippen molar-refractivity contribution in [2.24, 2.45) is 0 Å². The fourth-order valence-corrected chi connectivity index (χ4v) is 2.77. The van der Waals surface area contributed by atoms with E-state index in [-0.39, 0.29) is 0 Å². The minimum atomic E-state index is 0.347. The summed E-state index contributed by atoms with van der Waals surface area (Å²) in [6.07, 6.45) is 10.5. The number of aliphatic hydroxyl groups excluding tert-OH is 1. The third-order valence-corrected chi connectivity index (χ3v) is 3.78. The molecule has 18 heavy (non-hydrogen) atoms. The van der Waals surface area contributed by atoms with E-state index in [1.165, 1.54) is 43.6 Å². The highest BCUT2D eigenvalue weighted by atomic mass is 16.3. The molecule has 1 aromatic carbocycles. The van der Waals surface area contributed by atoms with Crippen molar-refractivity contribution in [2.45, 2.75) is 25.7 Å². The number of hydrogen-bond acceptors (Lipinski definition) is 2. The second kappa shape index (κ2) is 4.89. The van der Waals surface area contributed by atoms with Gasteiger partial charge in [-0.1, -0.05) is 12.1 Å². The van der Waals surface area contributed by atoms with Crippen LogP contribution in [0.5, 0.6) is 0 Å². The van der Waals surface area contributed by atoms with E-state index in [1.807, 2.05) is 12.2 Å². The van der Waals surface area contributed by atoms with Crippen LogP contribution in [0.1, 0.15) is 30.4 Å². The van der Waals surface area contributed by atoms with Crippen LogP contribution in [0.15, 0.2) is 36.1 Å². The summed E-state index contributed by atoms with van der Waals surface area (Å²) in [6.45, 7) is 2.35. The molecule has 0 bridgehead atoms. The summed E-state index contributed by atoms with van der Waals surface area (Å²) in [7, 11) is 0.